The predicted molar refractivity (Wildman–Crippen MR) is 84.8 cm³/mol. The van der Waals surface area contributed by atoms with Crippen molar-refractivity contribution in [2.45, 2.75) is 64.5 Å². The van der Waals surface area contributed by atoms with Crippen LogP contribution in [0, 0.1) is 12.8 Å². The third kappa shape index (κ3) is 4.32. The molecule has 2 nitrogen and oxygen atoms in total. The molecule has 2 rings (SSSR count). The number of aliphatic hydroxyl groups is 1. The van der Waals surface area contributed by atoms with Gasteiger partial charge < -0.3 is 10.4 Å². The first-order valence-corrected chi connectivity index (χ1v) is 8.15. The van der Waals surface area contributed by atoms with Gasteiger partial charge in [0.1, 0.15) is 0 Å². The van der Waals surface area contributed by atoms with E-state index in [1.807, 2.05) is 6.92 Å². The Labute approximate surface area is 123 Å². The minimum atomic E-state index is -0.182. The van der Waals surface area contributed by atoms with Gasteiger partial charge in [0.2, 0.25) is 0 Å². The van der Waals surface area contributed by atoms with Crippen LogP contribution in [0.5, 0.6) is 0 Å². The summed E-state index contributed by atoms with van der Waals surface area (Å²) in [5.41, 5.74) is 2.83. The summed E-state index contributed by atoms with van der Waals surface area (Å²) >= 11 is 0. The summed E-state index contributed by atoms with van der Waals surface area (Å²) in [5.74, 6) is 0.644. The van der Waals surface area contributed by atoms with E-state index < -0.39 is 0 Å². The van der Waals surface area contributed by atoms with Crippen molar-refractivity contribution in [1.82, 2.24) is 5.32 Å². The third-order valence-corrected chi connectivity index (χ3v) is 4.57. The number of aryl methyl sites for hydroxylation is 1. The quantitative estimate of drug-likeness (QED) is 0.871. The topological polar surface area (TPSA) is 32.3 Å². The SMILES string of the molecule is Cc1ccccc1C1NCCCCCC1CCC(C)O. The van der Waals surface area contributed by atoms with Crippen LogP contribution in [0.3, 0.4) is 0 Å². The molecule has 112 valence electrons. The zero-order valence-corrected chi connectivity index (χ0v) is 12.9. The van der Waals surface area contributed by atoms with Gasteiger partial charge in [-0.05, 0) is 63.1 Å². The highest BCUT2D eigenvalue weighted by atomic mass is 16.3. The fourth-order valence-corrected chi connectivity index (χ4v) is 3.37. The zero-order chi connectivity index (χ0) is 14.4. The summed E-state index contributed by atoms with van der Waals surface area (Å²) in [6.07, 6.45) is 7.06. The Bertz CT molecular complexity index is 402. The average molecular weight is 275 g/mol. The molecule has 1 aromatic rings. The van der Waals surface area contributed by atoms with Gasteiger partial charge in [-0.1, -0.05) is 37.1 Å². The molecule has 1 aliphatic rings. The van der Waals surface area contributed by atoms with E-state index in [2.05, 4.69) is 36.5 Å². The van der Waals surface area contributed by atoms with Crippen LogP contribution in [-0.2, 0) is 0 Å². The second-order valence-electron chi connectivity index (χ2n) is 6.32. The molecule has 1 heterocycles. The molecule has 3 atom stereocenters. The lowest BCUT2D eigenvalue weighted by molar-refractivity contribution is 0.162. The third-order valence-electron chi connectivity index (χ3n) is 4.57. The lowest BCUT2D eigenvalue weighted by atomic mass is 9.82. The maximum absolute atomic E-state index is 9.60. The predicted octanol–water partition coefficient (Wildman–Crippen LogP) is 3.98. The molecule has 0 radical (unpaired) electrons. The Hall–Kier alpha value is -0.860. The first kappa shape index (κ1) is 15.5. The van der Waals surface area contributed by atoms with Crippen LogP contribution in [-0.4, -0.2) is 17.8 Å². The van der Waals surface area contributed by atoms with Crippen LogP contribution in [0.1, 0.15) is 62.6 Å². The van der Waals surface area contributed by atoms with Gasteiger partial charge in [0.15, 0.2) is 0 Å². The summed E-state index contributed by atoms with van der Waals surface area (Å²) < 4.78 is 0. The summed E-state index contributed by atoms with van der Waals surface area (Å²) in [4.78, 5) is 0. The van der Waals surface area contributed by atoms with E-state index in [-0.39, 0.29) is 6.10 Å². The Balaban J connectivity index is 2.15. The lowest BCUT2D eigenvalue weighted by Crippen LogP contribution is -2.32. The van der Waals surface area contributed by atoms with Crippen LogP contribution in [0.25, 0.3) is 0 Å². The van der Waals surface area contributed by atoms with E-state index in [4.69, 9.17) is 0 Å². The largest absolute Gasteiger partial charge is 0.393 e. The maximum atomic E-state index is 9.60. The van der Waals surface area contributed by atoms with Gasteiger partial charge in [-0.15, -0.1) is 0 Å². The fraction of sp³-hybridized carbons (Fsp3) is 0.667. The van der Waals surface area contributed by atoms with Gasteiger partial charge in [-0.2, -0.15) is 0 Å². The Kier molecular flexibility index (Phi) is 6.06. The van der Waals surface area contributed by atoms with E-state index in [0.717, 1.165) is 19.4 Å². The molecule has 1 fully saturated rings. The molecular weight excluding hydrogens is 246 g/mol. The number of benzene rings is 1. The summed E-state index contributed by atoms with van der Waals surface area (Å²) in [7, 11) is 0. The minimum Gasteiger partial charge on any atom is -0.393 e. The van der Waals surface area contributed by atoms with E-state index in [9.17, 15) is 5.11 Å². The fourth-order valence-electron chi connectivity index (χ4n) is 3.37. The number of nitrogens with one attached hydrogen (secondary N) is 1. The van der Waals surface area contributed by atoms with E-state index in [1.165, 1.54) is 36.8 Å². The molecule has 0 aliphatic carbocycles. The van der Waals surface area contributed by atoms with Crippen molar-refractivity contribution in [3.63, 3.8) is 0 Å². The zero-order valence-electron chi connectivity index (χ0n) is 12.9. The molecule has 20 heavy (non-hydrogen) atoms. The smallest absolute Gasteiger partial charge is 0.0512 e. The molecule has 0 aromatic heterocycles. The van der Waals surface area contributed by atoms with Gasteiger partial charge in [-0.3, -0.25) is 0 Å². The maximum Gasteiger partial charge on any atom is 0.0512 e. The molecular formula is C18H29NO. The second kappa shape index (κ2) is 7.80. The van der Waals surface area contributed by atoms with Gasteiger partial charge in [0.05, 0.1) is 6.10 Å². The van der Waals surface area contributed by atoms with Gasteiger partial charge >= 0.3 is 0 Å². The van der Waals surface area contributed by atoms with Gasteiger partial charge in [-0.25, -0.2) is 0 Å². The lowest BCUT2D eigenvalue weighted by Gasteiger charge is -2.32. The molecule has 0 spiro atoms. The number of aliphatic hydroxyl groups excluding tert-OH is 1. The van der Waals surface area contributed by atoms with Crippen molar-refractivity contribution >= 4 is 0 Å². The van der Waals surface area contributed by atoms with Crippen molar-refractivity contribution in [3.05, 3.63) is 35.4 Å². The van der Waals surface area contributed by atoms with Crippen molar-refractivity contribution < 1.29 is 5.11 Å². The van der Waals surface area contributed by atoms with Crippen molar-refractivity contribution in [1.29, 1.82) is 0 Å². The van der Waals surface area contributed by atoms with E-state index in [1.54, 1.807) is 0 Å². The molecule has 2 heteroatoms. The van der Waals surface area contributed by atoms with Gasteiger partial charge in [0, 0.05) is 6.04 Å². The number of hydrogen-bond acceptors (Lipinski definition) is 2. The van der Waals surface area contributed by atoms with E-state index in [0.29, 0.717) is 12.0 Å². The minimum absolute atomic E-state index is 0.182. The molecule has 1 aromatic carbocycles. The van der Waals surface area contributed by atoms with Crippen molar-refractivity contribution in [2.75, 3.05) is 6.54 Å². The number of rotatable bonds is 4. The first-order valence-electron chi connectivity index (χ1n) is 8.15. The standard InChI is InChI=1S/C18H29NO/c1-14-8-5-6-10-17(14)18-16(12-11-15(2)20)9-4-3-7-13-19-18/h5-6,8,10,15-16,18-20H,3-4,7,9,11-13H2,1-2H3. The van der Waals surface area contributed by atoms with E-state index >= 15 is 0 Å². The summed E-state index contributed by atoms with van der Waals surface area (Å²) in [6, 6.07) is 9.20. The molecule has 0 amide bonds. The monoisotopic (exact) mass is 275 g/mol. The van der Waals surface area contributed by atoms with Crippen molar-refractivity contribution in [3.8, 4) is 0 Å². The van der Waals surface area contributed by atoms with Crippen LogP contribution in [0.15, 0.2) is 24.3 Å². The molecule has 0 saturated carbocycles. The highest BCUT2D eigenvalue weighted by Crippen LogP contribution is 2.33. The number of hydrogen-bond donors (Lipinski definition) is 2. The van der Waals surface area contributed by atoms with Gasteiger partial charge in [0.25, 0.3) is 0 Å². The normalized spacial score (nSPS) is 25.8. The summed E-state index contributed by atoms with van der Waals surface area (Å²) in [5, 5.41) is 13.4. The Morgan fingerprint density at radius 1 is 1.25 bits per heavy atom. The molecule has 3 unspecified atom stereocenters. The molecule has 2 N–H and O–H groups in total. The van der Waals surface area contributed by atoms with Crippen LogP contribution in [0.4, 0.5) is 0 Å². The van der Waals surface area contributed by atoms with Crippen molar-refractivity contribution in [2.24, 2.45) is 5.92 Å². The van der Waals surface area contributed by atoms with Crippen LogP contribution >= 0.6 is 0 Å². The highest BCUT2D eigenvalue weighted by molar-refractivity contribution is 5.29. The Morgan fingerprint density at radius 3 is 2.80 bits per heavy atom. The van der Waals surface area contributed by atoms with Crippen LogP contribution in [0.2, 0.25) is 0 Å². The molecule has 1 saturated heterocycles. The molecule has 0 bridgehead atoms. The highest BCUT2D eigenvalue weighted by Gasteiger charge is 2.25. The average Bonchev–Trinajstić information content (AvgIpc) is 2.39. The molecule has 1 aliphatic heterocycles. The summed E-state index contributed by atoms with van der Waals surface area (Å²) in [6.45, 7) is 5.23. The Morgan fingerprint density at radius 2 is 2.05 bits per heavy atom. The van der Waals surface area contributed by atoms with Crippen LogP contribution < -0.4 is 5.32 Å². The second-order valence-corrected chi connectivity index (χ2v) is 6.32. The first-order chi connectivity index (χ1) is 9.68.